The molecule has 6 heteroatoms. The third kappa shape index (κ3) is 2.55. The minimum absolute atomic E-state index is 0.0538. The summed E-state index contributed by atoms with van der Waals surface area (Å²) in [6, 6.07) is 0. The zero-order valence-corrected chi connectivity index (χ0v) is 10.3. The molecule has 0 amide bonds. The van der Waals surface area contributed by atoms with Crippen molar-refractivity contribution in [3.63, 3.8) is 0 Å². The van der Waals surface area contributed by atoms with Crippen LogP contribution in [-0.2, 0) is 4.74 Å². The number of nitrogens with zero attached hydrogens (tertiary/aromatic N) is 1. The first-order chi connectivity index (χ1) is 7.49. The third-order valence-corrected chi connectivity index (χ3v) is 3.03. The van der Waals surface area contributed by atoms with Crippen molar-refractivity contribution >= 4 is 21.9 Å². The van der Waals surface area contributed by atoms with Crippen molar-refractivity contribution in [1.29, 1.82) is 0 Å². The maximum atomic E-state index is 12.5. The Morgan fingerprint density at radius 2 is 2.25 bits per heavy atom. The highest BCUT2D eigenvalue weighted by Crippen LogP contribution is 2.30. The van der Waals surface area contributed by atoms with Gasteiger partial charge in [-0.05, 0) is 35.3 Å². The number of ether oxygens (including phenoxy) is 1. The summed E-state index contributed by atoms with van der Waals surface area (Å²) in [5.41, 5.74) is 0.180. The molecule has 1 rings (SSSR count). The summed E-state index contributed by atoms with van der Waals surface area (Å²) in [5.74, 6) is -0.610. The fraction of sp³-hybridized carbons (Fsp3) is 0.400. The van der Waals surface area contributed by atoms with Gasteiger partial charge in [0.05, 0.1) is 12.2 Å². The standard InChI is InChI=1S/C10H10BrF2NO2/c1-3-16-10(15)8-5(2)7(11)6(4-14-8)9(12)13/h4,9H,3H2,1-2H3. The van der Waals surface area contributed by atoms with E-state index in [9.17, 15) is 13.6 Å². The first-order valence-corrected chi connectivity index (χ1v) is 5.38. The molecule has 3 nitrogen and oxygen atoms in total. The Bertz CT molecular complexity index is 410. The summed E-state index contributed by atoms with van der Waals surface area (Å²) in [7, 11) is 0. The van der Waals surface area contributed by atoms with Gasteiger partial charge in [0.2, 0.25) is 0 Å². The van der Waals surface area contributed by atoms with Crippen molar-refractivity contribution in [3.8, 4) is 0 Å². The first kappa shape index (κ1) is 13.0. The molecule has 0 aromatic carbocycles. The van der Waals surface area contributed by atoms with E-state index in [2.05, 4.69) is 20.9 Å². The van der Waals surface area contributed by atoms with E-state index in [1.54, 1.807) is 6.92 Å². The molecule has 0 spiro atoms. The Hall–Kier alpha value is -1.04. The molecule has 0 radical (unpaired) electrons. The SMILES string of the molecule is CCOC(=O)c1ncc(C(F)F)c(Br)c1C. The van der Waals surface area contributed by atoms with Crippen LogP contribution >= 0.6 is 15.9 Å². The van der Waals surface area contributed by atoms with Crippen molar-refractivity contribution < 1.29 is 18.3 Å². The van der Waals surface area contributed by atoms with Crippen LogP contribution in [0, 0.1) is 6.92 Å². The van der Waals surface area contributed by atoms with Crippen molar-refractivity contribution in [3.05, 3.63) is 27.5 Å². The average Bonchev–Trinajstić information content (AvgIpc) is 2.21. The smallest absolute Gasteiger partial charge is 0.357 e. The maximum absolute atomic E-state index is 12.5. The van der Waals surface area contributed by atoms with Gasteiger partial charge in [-0.25, -0.2) is 18.6 Å². The van der Waals surface area contributed by atoms with Crippen molar-refractivity contribution in [2.45, 2.75) is 20.3 Å². The lowest BCUT2D eigenvalue weighted by molar-refractivity contribution is 0.0517. The minimum Gasteiger partial charge on any atom is -0.461 e. The second-order valence-corrected chi connectivity index (χ2v) is 3.82. The van der Waals surface area contributed by atoms with Crippen LogP contribution in [0.3, 0.4) is 0 Å². The van der Waals surface area contributed by atoms with Gasteiger partial charge in [-0.1, -0.05) is 0 Å². The van der Waals surface area contributed by atoms with Crippen LogP contribution in [0.1, 0.15) is 35.0 Å². The number of pyridine rings is 1. The number of carbonyl (C=O) groups is 1. The molecule has 16 heavy (non-hydrogen) atoms. The van der Waals surface area contributed by atoms with Crippen molar-refractivity contribution in [1.82, 2.24) is 4.98 Å². The van der Waals surface area contributed by atoms with Crippen LogP contribution in [0.25, 0.3) is 0 Å². The Morgan fingerprint density at radius 3 is 2.75 bits per heavy atom. The number of hydrogen-bond donors (Lipinski definition) is 0. The van der Waals surface area contributed by atoms with Crippen LogP contribution in [0.4, 0.5) is 8.78 Å². The van der Waals surface area contributed by atoms with E-state index >= 15 is 0 Å². The van der Waals surface area contributed by atoms with Gasteiger partial charge in [0, 0.05) is 10.7 Å². The van der Waals surface area contributed by atoms with Gasteiger partial charge in [-0.15, -0.1) is 0 Å². The van der Waals surface area contributed by atoms with Gasteiger partial charge in [-0.3, -0.25) is 0 Å². The van der Waals surface area contributed by atoms with E-state index in [0.29, 0.717) is 5.56 Å². The lowest BCUT2D eigenvalue weighted by Gasteiger charge is -2.09. The lowest BCUT2D eigenvalue weighted by atomic mass is 10.1. The zero-order chi connectivity index (χ0) is 12.3. The predicted octanol–water partition coefficient (Wildman–Crippen LogP) is 3.27. The van der Waals surface area contributed by atoms with Crippen LogP contribution in [0.5, 0.6) is 0 Å². The van der Waals surface area contributed by atoms with Gasteiger partial charge in [0.1, 0.15) is 0 Å². The fourth-order valence-electron chi connectivity index (χ4n) is 1.17. The number of esters is 1. The molecular weight excluding hydrogens is 284 g/mol. The van der Waals surface area contributed by atoms with Gasteiger partial charge in [0.15, 0.2) is 5.69 Å². The van der Waals surface area contributed by atoms with E-state index in [1.807, 2.05) is 0 Å². The molecule has 0 fully saturated rings. The number of rotatable bonds is 3. The van der Waals surface area contributed by atoms with Crippen LogP contribution in [-0.4, -0.2) is 17.6 Å². The number of aromatic nitrogens is 1. The largest absolute Gasteiger partial charge is 0.461 e. The Balaban J connectivity index is 3.16. The summed E-state index contributed by atoms with van der Waals surface area (Å²) < 4.78 is 30.0. The summed E-state index contributed by atoms with van der Waals surface area (Å²) in [4.78, 5) is 15.1. The highest BCUT2D eigenvalue weighted by molar-refractivity contribution is 9.10. The maximum Gasteiger partial charge on any atom is 0.357 e. The summed E-state index contributed by atoms with van der Waals surface area (Å²) >= 11 is 3.02. The Labute approximate surface area is 99.9 Å². The third-order valence-electron chi connectivity index (χ3n) is 1.97. The molecule has 0 aliphatic heterocycles. The topological polar surface area (TPSA) is 39.2 Å². The van der Waals surface area contributed by atoms with Gasteiger partial charge < -0.3 is 4.74 Å². The van der Waals surface area contributed by atoms with E-state index in [0.717, 1.165) is 6.20 Å². The molecule has 0 saturated carbocycles. The minimum atomic E-state index is -2.63. The molecule has 0 N–H and O–H groups in total. The van der Waals surface area contributed by atoms with Gasteiger partial charge in [-0.2, -0.15) is 0 Å². The van der Waals surface area contributed by atoms with Crippen molar-refractivity contribution in [2.24, 2.45) is 0 Å². The highest BCUT2D eigenvalue weighted by Gasteiger charge is 2.20. The normalized spacial score (nSPS) is 10.6. The van der Waals surface area contributed by atoms with E-state index < -0.39 is 12.4 Å². The average molecular weight is 294 g/mol. The molecule has 0 atom stereocenters. The van der Waals surface area contributed by atoms with E-state index in [4.69, 9.17) is 4.74 Å². The lowest BCUT2D eigenvalue weighted by Crippen LogP contribution is -2.10. The molecule has 1 heterocycles. The summed E-state index contributed by atoms with van der Waals surface area (Å²) in [6.07, 6.45) is -1.65. The van der Waals surface area contributed by atoms with E-state index in [-0.39, 0.29) is 22.3 Å². The second kappa shape index (κ2) is 5.34. The molecule has 1 aromatic rings. The highest BCUT2D eigenvalue weighted by atomic mass is 79.9. The summed E-state index contributed by atoms with van der Waals surface area (Å²) in [6.45, 7) is 3.42. The first-order valence-electron chi connectivity index (χ1n) is 4.59. The monoisotopic (exact) mass is 293 g/mol. The number of carbonyl (C=O) groups excluding carboxylic acids is 1. The number of hydrogen-bond acceptors (Lipinski definition) is 3. The summed E-state index contributed by atoms with van der Waals surface area (Å²) in [5, 5.41) is 0. The molecule has 88 valence electrons. The quantitative estimate of drug-likeness (QED) is 0.803. The number of alkyl halides is 2. The zero-order valence-electron chi connectivity index (χ0n) is 8.76. The second-order valence-electron chi connectivity index (χ2n) is 3.02. The Kier molecular flexibility index (Phi) is 4.35. The van der Waals surface area contributed by atoms with Gasteiger partial charge >= 0.3 is 5.97 Å². The molecule has 1 aromatic heterocycles. The molecular formula is C10H10BrF2NO2. The molecule has 0 unspecified atom stereocenters. The Morgan fingerprint density at radius 1 is 1.62 bits per heavy atom. The molecule has 0 bridgehead atoms. The molecule has 0 saturated heterocycles. The molecule has 0 aliphatic carbocycles. The fourth-order valence-corrected chi connectivity index (χ4v) is 1.63. The van der Waals surface area contributed by atoms with Crippen LogP contribution < -0.4 is 0 Å². The number of halogens is 3. The van der Waals surface area contributed by atoms with Crippen molar-refractivity contribution in [2.75, 3.05) is 6.61 Å². The van der Waals surface area contributed by atoms with Gasteiger partial charge in [0.25, 0.3) is 6.43 Å². The molecule has 0 aliphatic rings. The van der Waals surface area contributed by atoms with Crippen LogP contribution in [0.2, 0.25) is 0 Å². The van der Waals surface area contributed by atoms with Crippen LogP contribution in [0.15, 0.2) is 10.7 Å². The van der Waals surface area contributed by atoms with E-state index in [1.165, 1.54) is 6.92 Å². The predicted molar refractivity (Wildman–Crippen MR) is 57.6 cm³/mol.